The molecule has 1 fully saturated rings. The largest absolute Gasteiger partial charge is 0.497 e. The van der Waals surface area contributed by atoms with E-state index in [1.807, 2.05) is 0 Å². The first kappa shape index (κ1) is 16.7. The van der Waals surface area contributed by atoms with Crippen LogP contribution in [0.3, 0.4) is 0 Å². The predicted molar refractivity (Wildman–Crippen MR) is 78.6 cm³/mol. The number of rotatable bonds is 7. The van der Waals surface area contributed by atoms with Crippen LogP contribution in [-0.2, 0) is 19.4 Å². The highest BCUT2D eigenvalue weighted by atomic mass is 32.2. The number of hydrogen-bond donors (Lipinski definition) is 2. The second kappa shape index (κ2) is 7.08. The Morgan fingerprint density at radius 1 is 1.41 bits per heavy atom. The van der Waals surface area contributed by atoms with Gasteiger partial charge in [0.25, 0.3) is 0 Å². The first-order valence-electron chi connectivity index (χ1n) is 6.90. The molecule has 1 aromatic rings. The Bertz CT molecular complexity index is 607. The lowest BCUT2D eigenvalue weighted by Crippen LogP contribution is -2.43. The van der Waals surface area contributed by atoms with Crippen LogP contribution in [-0.4, -0.2) is 51.2 Å². The summed E-state index contributed by atoms with van der Waals surface area (Å²) in [5.74, 6) is -0.658. The van der Waals surface area contributed by atoms with Crippen LogP contribution in [0.4, 0.5) is 0 Å². The predicted octanol–water partition coefficient (Wildman–Crippen LogP) is 0.648. The molecule has 0 bridgehead atoms. The molecule has 2 atom stereocenters. The zero-order chi connectivity index (χ0) is 16.2. The third-order valence-corrected chi connectivity index (χ3v) is 5.50. The first-order valence-corrected chi connectivity index (χ1v) is 8.44. The summed E-state index contributed by atoms with van der Waals surface area (Å²) in [6.07, 6.45) is 1.45. The van der Waals surface area contributed by atoms with E-state index in [-0.39, 0.29) is 4.90 Å². The van der Waals surface area contributed by atoms with Gasteiger partial charge in [0.15, 0.2) is 5.44 Å². The van der Waals surface area contributed by atoms with Gasteiger partial charge in [-0.05, 0) is 43.7 Å². The molecule has 122 valence electrons. The van der Waals surface area contributed by atoms with Crippen LogP contribution in [0.2, 0.25) is 0 Å². The molecule has 0 aromatic heterocycles. The van der Waals surface area contributed by atoms with Gasteiger partial charge in [-0.15, -0.1) is 0 Å². The Kier molecular flexibility index (Phi) is 5.38. The second-order valence-electron chi connectivity index (χ2n) is 5.00. The number of benzene rings is 1. The first-order chi connectivity index (χ1) is 10.4. The molecular weight excluding hydrogens is 310 g/mol. The van der Waals surface area contributed by atoms with E-state index in [4.69, 9.17) is 14.6 Å². The molecule has 8 heteroatoms. The van der Waals surface area contributed by atoms with Crippen molar-refractivity contribution in [1.82, 2.24) is 5.32 Å². The molecule has 0 aliphatic carbocycles. The van der Waals surface area contributed by atoms with Crippen LogP contribution in [0.1, 0.15) is 12.8 Å². The summed E-state index contributed by atoms with van der Waals surface area (Å²) < 4.78 is 35.7. The molecule has 0 spiro atoms. The molecule has 1 heterocycles. The highest BCUT2D eigenvalue weighted by molar-refractivity contribution is 7.92. The fraction of sp³-hybridized carbons (Fsp3) is 0.500. The normalized spacial score (nSPS) is 19.8. The summed E-state index contributed by atoms with van der Waals surface area (Å²) in [5.41, 5.74) is -1.22. The van der Waals surface area contributed by atoms with Gasteiger partial charge in [0.1, 0.15) is 12.4 Å². The highest BCUT2D eigenvalue weighted by Gasteiger charge is 2.37. The summed E-state index contributed by atoms with van der Waals surface area (Å²) in [7, 11) is -2.32. The molecule has 2 N–H and O–H groups in total. The highest BCUT2D eigenvalue weighted by Crippen LogP contribution is 2.25. The number of carboxylic acid groups (broad SMARTS) is 1. The van der Waals surface area contributed by atoms with Crippen LogP contribution >= 0.6 is 0 Å². The summed E-state index contributed by atoms with van der Waals surface area (Å²) in [4.78, 5) is 10.8. The smallest absolute Gasteiger partial charge is 0.329 e. The van der Waals surface area contributed by atoms with Crippen molar-refractivity contribution in [3.05, 3.63) is 24.3 Å². The van der Waals surface area contributed by atoms with Crippen molar-refractivity contribution in [2.45, 2.75) is 29.2 Å². The van der Waals surface area contributed by atoms with E-state index in [1.54, 1.807) is 12.1 Å². The number of methoxy groups -OCH3 is 1. The van der Waals surface area contributed by atoms with Crippen LogP contribution in [0, 0.1) is 0 Å². The van der Waals surface area contributed by atoms with Crippen LogP contribution in [0.15, 0.2) is 29.2 Å². The lowest BCUT2D eigenvalue weighted by molar-refractivity contribution is -0.143. The molecule has 1 aromatic carbocycles. The Hall–Kier alpha value is -1.64. The van der Waals surface area contributed by atoms with Crippen LogP contribution in [0.5, 0.6) is 5.75 Å². The lowest BCUT2D eigenvalue weighted by atomic mass is 10.2. The van der Waals surface area contributed by atoms with E-state index in [2.05, 4.69) is 5.32 Å². The molecule has 1 aliphatic heterocycles. The van der Waals surface area contributed by atoms with E-state index < -0.39 is 33.9 Å². The van der Waals surface area contributed by atoms with Crippen molar-refractivity contribution in [3.8, 4) is 5.75 Å². The van der Waals surface area contributed by atoms with Crippen molar-refractivity contribution in [2.75, 3.05) is 20.3 Å². The van der Waals surface area contributed by atoms with Crippen LogP contribution in [0.25, 0.3) is 0 Å². The summed E-state index contributed by atoms with van der Waals surface area (Å²) in [6.45, 7) is 0.0357. The van der Waals surface area contributed by atoms with E-state index in [0.717, 1.165) is 6.42 Å². The number of hydrogen-bond acceptors (Lipinski definition) is 6. The average molecular weight is 329 g/mol. The SMILES string of the molecule is COc1ccc(S(=O)(=O)C(OCC(=O)O)C2CCCN2)cc1. The molecule has 1 aliphatic rings. The molecule has 7 nitrogen and oxygen atoms in total. The quantitative estimate of drug-likeness (QED) is 0.757. The second-order valence-corrected chi connectivity index (χ2v) is 7.02. The summed E-state index contributed by atoms with van der Waals surface area (Å²) >= 11 is 0. The topological polar surface area (TPSA) is 102 Å². The summed E-state index contributed by atoms with van der Waals surface area (Å²) in [5, 5.41) is 11.8. The van der Waals surface area contributed by atoms with Gasteiger partial charge in [-0.3, -0.25) is 0 Å². The minimum atomic E-state index is -3.81. The molecule has 1 saturated heterocycles. The third-order valence-electron chi connectivity index (χ3n) is 3.49. The molecular formula is C14H19NO6S. The van der Waals surface area contributed by atoms with Gasteiger partial charge in [0, 0.05) is 6.04 Å². The Balaban J connectivity index is 2.27. The van der Waals surface area contributed by atoms with E-state index in [9.17, 15) is 13.2 Å². The van der Waals surface area contributed by atoms with Gasteiger partial charge in [0.05, 0.1) is 12.0 Å². The van der Waals surface area contributed by atoms with Crippen molar-refractivity contribution < 1.29 is 27.8 Å². The number of carboxylic acids is 1. The standard InChI is InChI=1S/C14H19NO6S/c1-20-10-4-6-11(7-5-10)22(18,19)14(21-9-13(16)17)12-3-2-8-15-12/h4-7,12,14-15H,2-3,8-9H2,1H3,(H,16,17). The monoisotopic (exact) mass is 329 g/mol. The fourth-order valence-corrected chi connectivity index (χ4v) is 4.11. The van der Waals surface area contributed by atoms with Gasteiger partial charge in [-0.1, -0.05) is 0 Å². The molecule has 2 rings (SSSR count). The van der Waals surface area contributed by atoms with Gasteiger partial charge >= 0.3 is 5.97 Å². The van der Waals surface area contributed by atoms with Gasteiger partial charge in [0.2, 0.25) is 9.84 Å². The van der Waals surface area contributed by atoms with Gasteiger partial charge in [-0.25, -0.2) is 13.2 Å². The fourth-order valence-electron chi connectivity index (χ4n) is 2.42. The van der Waals surface area contributed by atoms with Crippen molar-refractivity contribution >= 4 is 15.8 Å². The Labute approximate surface area is 129 Å². The molecule has 0 amide bonds. The number of ether oxygens (including phenoxy) is 2. The minimum absolute atomic E-state index is 0.0809. The maximum Gasteiger partial charge on any atom is 0.329 e. The molecule has 0 saturated carbocycles. The van der Waals surface area contributed by atoms with Crippen molar-refractivity contribution in [2.24, 2.45) is 0 Å². The number of sulfone groups is 1. The van der Waals surface area contributed by atoms with Crippen molar-refractivity contribution in [1.29, 1.82) is 0 Å². The van der Waals surface area contributed by atoms with Gasteiger partial charge in [-0.2, -0.15) is 0 Å². The molecule has 0 radical (unpaired) electrons. The zero-order valence-electron chi connectivity index (χ0n) is 12.2. The van der Waals surface area contributed by atoms with E-state index in [1.165, 1.54) is 19.2 Å². The maximum absolute atomic E-state index is 12.7. The van der Waals surface area contributed by atoms with Gasteiger partial charge < -0.3 is 19.9 Å². The van der Waals surface area contributed by atoms with E-state index in [0.29, 0.717) is 18.7 Å². The molecule has 2 unspecified atom stereocenters. The van der Waals surface area contributed by atoms with Crippen molar-refractivity contribution in [3.63, 3.8) is 0 Å². The molecule has 22 heavy (non-hydrogen) atoms. The maximum atomic E-state index is 12.7. The number of carbonyl (C=O) groups is 1. The number of aliphatic carboxylic acids is 1. The van der Waals surface area contributed by atoms with E-state index >= 15 is 0 Å². The van der Waals surface area contributed by atoms with Crippen LogP contribution < -0.4 is 10.1 Å². The lowest BCUT2D eigenvalue weighted by Gasteiger charge is -2.23. The summed E-state index contributed by atoms with van der Waals surface area (Å²) in [6, 6.07) is 5.54. The Morgan fingerprint density at radius 2 is 2.09 bits per heavy atom. The number of nitrogens with one attached hydrogen (secondary N) is 1. The zero-order valence-corrected chi connectivity index (χ0v) is 13.0. The Morgan fingerprint density at radius 3 is 2.59 bits per heavy atom. The minimum Gasteiger partial charge on any atom is -0.497 e. The third kappa shape index (κ3) is 3.76. The average Bonchev–Trinajstić information content (AvgIpc) is 3.01.